The topological polar surface area (TPSA) is 23.5 Å². The Morgan fingerprint density at radius 3 is 2.11 bits per heavy atom. The molecule has 1 N–H and O–H groups in total. The Morgan fingerprint density at radius 2 is 1.63 bits per heavy atom. The number of aliphatic hydroxyl groups excluding tert-OH is 1. The van der Waals surface area contributed by atoms with Crippen LogP contribution in [0.3, 0.4) is 0 Å². The van der Waals surface area contributed by atoms with E-state index in [2.05, 4.69) is 39.6 Å². The molecule has 0 radical (unpaired) electrons. The predicted octanol–water partition coefficient (Wildman–Crippen LogP) is 3.72. The first-order chi connectivity index (χ1) is 8.93. The van der Waals surface area contributed by atoms with Crippen LogP contribution in [0.1, 0.15) is 45.8 Å². The minimum absolute atomic E-state index is 0.168. The number of benzene rings is 1. The van der Waals surface area contributed by atoms with Crippen molar-refractivity contribution in [1.29, 1.82) is 0 Å². The normalized spacial score (nSPS) is 15.2. The van der Waals surface area contributed by atoms with Crippen molar-refractivity contribution < 1.29 is 5.11 Å². The van der Waals surface area contributed by atoms with Crippen molar-refractivity contribution in [3.63, 3.8) is 0 Å². The van der Waals surface area contributed by atoms with Gasteiger partial charge in [-0.1, -0.05) is 58.0 Å². The van der Waals surface area contributed by atoms with Crippen molar-refractivity contribution in [2.24, 2.45) is 11.8 Å². The zero-order valence-corrected chi connectivity index (χ0v) is 13.0. The third-order valence-electron chi connectivity index (χ3n) is 3.72. The minimum atomic E-state index is -0.418. The van der Waals surface area contributed by atoms with Gasteiger partial charge in [-0.2, -0.15) is 0 Å². The molecule has 1 aromatic carbocycles. The van der Waals surface area contributed by atoms with Gasteiger partial charge in [0.1, 0.15) is 0 Å². The summed E-state index contributed by atoms with van der Waals surface area (Å²) < 4.78 is 0. The van der Waals surface area contributed by atoms with Gasteiger partial charge in [-0.15, -0.1) is 0 Å². The average Bonchev–Trinajstić information content (AvgIpc) is 2.37. The van der Waals surface area contributed by atoms with Crippen LogP contribution in [0.4, 0.5) is 0 Å². The Labute approximate surface area is 118 Å². The number of nitrogens with zero attached hydrogens (tertiary/aromatic N) is 1. The van der Waals surface area contributed by atoms with E-state index in [1.165, 1.54) is 6.42 Å². The summed E-state index contributed by atoms with van der Waals surface area (Å²) in [5.74, 6) is 1.12. The van der Waals surface area contributed by atoms with E-state index in [0.29, 0.717) is 11.8 Å². The average molecular weight is 263 g/mol. The fraction of sp³-hybridized carbons (Fsp3) is 0.647. The molecule has 2 heteroatoms. The Bertz CT molecular complexity index is 348. The molecule has 0 saturated heterocycles. The van der Waals surface area contributed by atoms with Crippen molar-refractivity contribution >= 4 is 0 Å². The Balaban J connectivity index is 2.76. The maximum atomic E-state index is 10.6. The molecule has 0 aliphatic carbocycles. The van der Waals surface area contributed by atoms with Crippen LogP contribution in [-0.4, -0.2) is 29.6 Å². The van der Waals surface area contributed by atoms with E-state index in [1.54, 1.807) is 0 Å². The second-order valence-corrected chi connectivity index (χ2v) is 6.25. The lowest BCUT2D eigenvalue weighted by Gasteiger charge is -2.35. The zero-order chi connectivity index (χ0) is 14.4. The van der Waals surface area contributed by atoms with E-state index < -0.39 is 6.10 Å². The minimum Gasteiger partial charge on any atom is -0.387 e. The van der Waals surface area contributed by atoms with E-state index in [0.717, 1.165) is 12.1 Å². The first-order valence-electron chi connectivity index (χ1n) is 7.36. The Hall–Kier alpha value is -0.860. The number of likely N-dealkylation sites (N-methyl/N-ethyl adjacent to an activating group) is 1. The molecule has 0 saturated carbocycles. The molecule has 0 fully saturated rings. The van der Waals surface area contributed by atoms with Crippen molar-refractivity contribution in [2.45, 2.75) is 46.3 Å². The molecule has 108 valence electrons. The van der Waals surface area contributed by atoms with E-state index in [1.807, 2.05) is 30.3 Å². The van der Waals surface area contributed by atoms with Crippen LogP contribution in [0, 0.1) is 11.8 Å². The van der Waals surface area contributed by atoms with Crippen molar-refractivity contribution in [1.82, 2.24) is 4.90 Å². The molecule has 0 aliphatic rings. The molecular formula is C17H29NO. The number of hydrogen-bond acceptors (Lipinski definition) is 2. The van der Waals surface area contributed by atoms with Gasteiger partial charge < -0.3 is 10.0 Å². The van der Waals surface area contributed by atoms with Gasteiger partial charge in [-0.3, -0.25) is 0 Å². The lowest BCUT2D eigenvalue weighted by atomic mass is 9.92. The third-order valence-corrected chi connectivity index (χ3v) is 3.72. The van der Waals surface area contributed by atoms with Gasteiger partial charge in [0.25, 0.3) is 0 Å². The quantitative estimate of drug-likeness (QED) is 0.810. The molecule has 0 heterocycles. The van der Waals surface area contributed by atoms with Gasteiger partial charge in [0.2, 0.25) is 0 Å². The van der Waals surface area contributed by atoms with Gasteiger partial charge >= 0.3 is 0 Å². The van der Waals surface area contributed by atoms with Crippen LogP contribution in [-0.2, 0) is 0 Å². The van der Waals surface area contributed by atoms with Crippen LogP contribution in [0.5, 0.6) is 0 Å². The summed E-state index contributed by atoms with van der Waals surface area (Å²) in [6.45, 7) is 9.88. The Kier molecular flexibility index (Phi) is 6.53. The maximum Gasteiger partial charge on any atom is 0.0947 e. The fourth-order valence-corrected chi connectivity index (χ4v) is 2.57. The van der Waals surface area contributed by atoms with Gasteiger partial charge in [-0.25, -0.2) is 0 Å². The van der Waals surface area contributed by atoms with E-state index in [9.17, 15) is 5.11 Å². The van der Waals surface area contributed by atoms with Crippen LogP contribution in [0.2, 0.25) is 0 Å². The molecule has 2 nitrogen and oxygen atoms in total. The molecule has 0 spiro atoms. The first-order valence-corrected chi connectivity index (χ1v) is 7.36. The molecule has 19 heavy (non-hydrogen) atoms. The molecule has 2 atom stereocenters. The van der Waals surface area contributed by atoms with Gasteiger partial charge in [-0.05, 0) is 37.4 Å². The van der Waals surface area contributed by atoms with Gasteiger partial charge in [0, 0.05) is 6.04 Å². The van der Waals surface area contributed by atoms with Crippen molar-refractivity contribution in [2.75, 3.05) is 13.6 Å². The highest BCUT2D eigenvalue weighted by atomic mass is 16.3. The summed E-state index contributed by atoms with van der Waals surface area (Å²) in [6.07, 6.45) is 0.750. The van der Waals surface area contributed by atoms with Gasteiger partial charge in [0.15, 0.2) is 0 Å². The van der Waals surface area contributed by atoms with E-state index in [4.69, 9.17) is 0 Å². The van der Waals surface area contributed by atoms with Crippen LogP contribution >= 0.6 is 0 Å². The standard InChI is InChI=1S/C17H29NO/c1-13(2)11-12-18(5)16(14(3)4)17(19)15-9-7-6-8-10-15/h6-10,13-14,16-17,19H,11-12H2,1-5H3. The van der Waals surface area contributed by atoms with Gasteiger partial charge in [0.05, 0.1) is 6.10 Å². The van der Waals surface area contributed by atoms with E-state index >= 15 is 0 Å². The summed E-state index contributed by atoms with van der Waals surface area (Å²) >= 11 is 0. The highest BCUT2D eigenvalue weighted by molar-refractivity contribution is 5.19. The van der Waals surface area contributed by atoms with Crippen LogP contribution in [0.15, 0.2) is 30.3 Å². The molecule has 0 aromatic heterocycles. The van der Waals surface area contributed by atoms with Crippen molar-refractivity contribution in [3.05, 3.63) is 35.9 Å². The summed E-state index contributed by atoms with van der Waals surface area (Å²) in [6, 6.07) is 10.2. The highest BCUT2D eigenvalue weighted by Gasteiger charge is 2.27. The Morgan fingerprint density at radius 1 is 1.05 bits per heavy atom. The number of aliphatic hydroxyl groups is 1. The number of hydrogen-bond donors (Lipinski definition) is 1. The second kappa shape index (κ2) is 7.66. The molecule has 0 amide bonds. The summed E-state index contributed by atoms with van der Waals surface area (Å²) in [5.41, 5.74) is 1.01. The fourth-order valence-electron chi connectivity index (χ4n) is 2.57. The maximum absolute atomic E-state index is 10.6. The summed E-state index contributed by atoms with van der Waals surface area (Å²) in [4.78, 5) is 2.31. The van der Waals surface area contributed by atoms with E-state index in [-0.39, 0.29) is 6.04 Å². The summed E-state index contributed by atoms with van der Waals surface area (Å²) in [7, 11) is 2.12. The molecular weight excluding hydrogens is 234 g/mol. The molecule has 2 unspecified atom stereocenters. The monoisotopic (exact) mass is 263 g/mol. The lowest BCUT2D eigenvalue weighted by molar-refractivity contribution is 0.0344. The SMILES string of the molecule is CC(C)CCN(C)C(C(C)C)C(O)c1ccccc1. The smallest absolute Gasteiger partial charge is 0.0947 e. The molecule has 1 aromatic rings. The van der Waals surface area contributed by atoms with Crippen LogP contribution < -0.4 is 0 Å². The first kappa shape index (κ1) is 16.2. The third kappa shape index (κ3) is 4.96. The van der Waals surface area contributed by atoms with Crippen molar-refractivity contribution in [3.8, 4) is 0 Å². The van der Waals surface area contributed by atoms with Crippen LogP contribution in [0.25, 0.3) is 0 Å². The highest BCUT2D eigenvalue weighted by Crippen LogP contribution is 2.26. The second-order valence-electron chi connectivity index (χ2n) is 6.25. The zero-order valence-electron chi connectivity index (χ0n) is 13.0. The molecule has 0 aliphatic heterocycles. The largest absolute Gasteiger partial charge is 0.387 e. The molecule has 0 bridgehead atoms. The predicted molar refractivity (Wildman–Crippen MR) is 82.1 cm³/mol. The molecule has 1 rings (SSSR count). The lowest BCUT2D eigenvalue weighted by Crippen LogP contribution is -2.41. The summed E-state index contributed by atoms with van der Waals surface area (Å²) in [5, 5.41) is 10.6. The number of rotatable bonds is 7.